The number of carbonyl (C=O) groups is 3. The molecule has 0 aromatic rings. The summed E-state index contributed by atoms with van der Waals surface area (Å²) in [6.45, 7) is 6.57. The molecule has 0 aromatic heterocycles. The summed E-state index contributed by atoms with van der Waals surface area (Å²) in [5.41, 5.74) is 0. The summed E-state index contributed by atoms with van der Waals surface area (Å²) in [6.07, 6.45) is 78.7. The normalized spacial score (nSPS) is 12.3. The molecule has 0 N–H and O–H groups in total. The van der Waals surface area contributed by atoms with Crippen molar-refractivity contribution < 1.29 is 28.6 Å². The van der Waals surface area contributed by atoms with Crippen molar-refractivity contribution in [2.24, 2.45) is 0 Å². The summed E-state index contributed by atoms with van der Waals surface area (Å²) < 4.78 is 16.9. The van der Waals surface area contributed by atoms with Crippen LogP contribution in [0, 0.1) is 0 Å². The van der Waals surface area contributed by atoms with E-state index in [2.05, 4.69) is 69.4 Å². The fraction of sp³-hybridized carbons (Fsp3) is 0.838. The Balaban J connectivity index is 4.08. The van der Waals surface area contributed by atoms with Gasteiger partial charge >= 0.3 is 17.9 Å². The summed E-state index contributed by atoms with van der Waals surface area (Å²) in [6, 6.07) is 0. The summed E-state index contributed by atoms with van der Waals surface area (Å²) in [7, 11) is 0. The van der Waals surface area contributed by atoms with Gasteiger partial charge in [0, 0.05) is 19.3 Å². The van der Waals surface area contributed by atoms with Crippen molar-refractivity contribution in [2.75, 3.05) is 13.2 Å². The first-order valence-corrected chi connectivity index (χ1v) is 32.6. The highest BCUT2D eigenvalue weighted by atomic mass is 16.6. The quantitative estimate of drug-likeness (QED) is 0.0261. The summed E-state index contributed by atoms with van der Waals surface area (Å²) >= 11 is 0. The van der Waals surface area contributed by atoms with Crippen LogP contribution in [0.25, 0.3) is 0 Å². The average Bonchev–Trinajstić information content (AvgIpc) is 3.40. The Bertz CT molecular complexity index is 1280. The van der Waals surface area contributed by atoms with Crippen LogP contribution in [0.15, 0.2) is 48.6 Å². The molecule has 6 heteroatoms. The largest absolute Gasteiger partial charge is 0.462 e. The minimum atomic E-state index is -0.782. The molecule has 1 unspecified atom stereocenters. The predicted molar refractivity (Wildman–Crippen MR) is 321 cm³/mol. The fourth-order valence-electron chi connectivity index (χ4n) is 9.59. The highest BCUT2D eigenvalue weighted by Gasteiger charge is 2.19. The molecule has 0 amide bonds. The fourth-order valence-corrected chi connectivity index (χ4v) is 9.59. The van der Waals surface area contributed by atoms with Gasteiger partial charge in [-0.2, -0.15) is 0 Å². The molecule has 0 radical (unpaired) electrons. The van der Waals surface area contributed by atoms with E-state index in [1.807, 2.05) is 0 Å². The second-order valence-electron chi connectivity index (χ2n) is 22.0. The van der Waals surface area contributed by atoms with Crippen molar-refractivity contribution in [3.05, 3.63) is 48.6 Å². The molecular weight excluding hydrogens is 913 g/mol. The summed E-state index contributed by atoms with van der Waals surface area (Å²) in [5, 5.41) is 0. The van der Waals surface area contributed by atoms with Crippen molar-refractivity contribution in [3.63, 3.8) is 0 Å². The van der Waals surface area contributed by atoms with Gasteiger partial charge in [-0.25, -0.2) is 0 Å². The Morgan fingerprint density at radius 2 is 0.514 bits per heavy atom. The number of ether oxygens (including phenoxy) is 3. The van der Waals surface area contributed by atoms with E-state index in [9.17, 15) is 14.4 Å². The first-order valence-electron chi connectivity index (χ1n) is 32.6. The maximum Gasteiger partial charge on any atom is 0.306 e. The summed E-state index contributed by atoms with van der Waals surface area (Å²) in [5.74, 6) is -0.888. The SMILES string of the molecule is CCC/C=C\CCCCCCCC(=O)OCC(COC(=O)CCCCCCCCCCCCCCCCCCCCC/C=C\CCCCCCCCCC)OC(=O)CCCCCCC/C=C\C/C=C\CCCCC. The van der Waals surface area contributed by atoms with Crippen molar-refractivity contribution in [1.29, 1.82) is 0 Å². The van der Waals surface area contributed by atoms with Crippen LogP contribution in [0.4, 0.5) is 0 Å². The molecule has 0 spiro atoms. The van der Waals surface area contributed by atoms with Gasteiger partial charge in [0.25, 0.3) is 0 Å². The average molecular weight is 1040 g/mol. The van der Waals surface area contributed by atoms with Crippen LogP contribution in [-0.4, -0.2) is 37.2 Å². The van der Waals surface area contributed by atoms with Gasteiger partial charge in [0.15, 0.2) is 6.10 Å². The highest BCUT2D eigenvalue weighted by molar-refractivity contribution is 5.71. The molecule has 0 saturated carbocycles. The van der Waals surface area contributed by atoms with Crippen LogP contribution in [0.5, 0.6) is 0 Å². The zero-order valence-corrected chi connectivity index (χ0v) is 49.6. The zero-order chi connectivity index (χ0) is 53.6. The molecular formula is C68H124O6. The minimum Gasteiger partial charge on any atom is -0.462 e. The van der Waals surface area contributed by atoms with E-state index in [0.717, 1.165) is 96.3 Å². The van der Waals surface area contributed by atoms with E-state index in [4.69, 9.17) is 14.2 Å². The topological polar surface area (TPSA) is 78.9 Å². The van der Waals surface area contributed by atoms with E-state index in [1.165, 1.54) is 212 Å². The molecule has 0 heterocycles. The number of rotatable bonds is 60. The molecule has 0 aliphatic rings. The number of hydrogen-bond acceptors (Lipinski definition) is 6. The van der Waals surface area contributed by atoms with E-state index >= 15 is 0 Å². The van der Waals surface area contributed by atoms with E-state index in [-0.39, 0.29) is 31.1 Å². The first kappa shape index (κ1) is 71.4. The number of hydrogen-bond donors (Lipinski definition) is 0. The maximum atomic E-state index is 12.8. The van der Waals surface area contributed by atoms with Crippen LogP contribution >= 0.6 is 0 Å². The second-order valence-corrected chi connectivity index (χ2v) is 22.0. The Kier molecular flexibility index (Phi) is 60.7. The number of esters is 3. The minimum absolute atomic E-state index is 0.0786. The van der Waals surface area contributed by atoms with Gasteiger partial charge < -0.3 is 14.2 Å². The molecule has 0 aromatic carbocycles. The third-order valence-electron chi connectivity index (χ3n) is 14.5. The van der Waals surface area contributed by atoms with Crippen molar-refractivity contribution in [1.82, 2.24) is 0 Å². The molecule has 74 heavy (non-hydrogen) atoms. The molecule has 1 atom stereocenters. The van der Waals surface area contributed by atoms with Gasteiger partial charge in [0.2, 0.25) is 0 Å². The Morgan fingerprint density at radius 1 is 0.270 bits per heavy atom. The van der Waals surface area contributed by atoms with Gasteiger partial charge in [-0.1, -0.05) is 281 Å². The molecule has 0 aliphatic carbocycles. The molecule has 0 fully saturated rings. The summed E-state index contributed by atoms with van der Waals surface area (Å²) in [4.78, 5) is 38.1. The second kappa shape index (κ2) is 62.9. The first-order chi connectivity index (χ1) is 36.5. The molecule has 0 aliphatic heterocycles. The van der Waals surface area contributed by atoms with Crippen LogP contribution in [-0.2, 0) is 28.6 Å². The molecule has 0 saturated heterocycles. The maximum absolute atomic E-state index is 12.8. The Morgan fingerprint density at radius 3 is 0.838 bits per heavy atom. The zero-order valence-electron chi connectivity index (χ0n) is 49.6. The predicted octanol–water partition coefficient (Wildman–Crippen LogP) is 22.2. The van der Waals surface area contributed by atoms with Crippen molar-refractivity contribution >= 4 is 17.9 Å². The third-order valence-corrected chi connectivity index (χ3v) is 14.5. The van der Waals surface area contributed by atoms with Gasteiger partial charge in [-0.05, 0) is 96.3 Å². The van der Waals surface area contributed by atoms with Crippen LogP contribution < -0.4 is 0 Å². The number of carbonyl (C=O) groups excluding carboxylic acids is 3. The van der Waals surface area contributed by atoms with E-state index < -0.39 is 6.10 Å². The smallest absolute Gasteiger partial charge is 0.306 e. The lowest BCUT2D eigenvalue weighted by Crippen LogP contribution is -2.30. The lowest BCUT2D eigenvalue weighted by atomic mass is 10.0. The molecule has 432 valence electrons. The monoisotopic (exact) mass is 1040 g/mol. The van der Waals surface area contributed by atoms with Gasteiger partial charge in [-0.15, -0.1) is 0 Å². The van der Waals surface area contributed by atoms with E-state index in [1.54, 1.807) is 0 Å². The van der Waals surface area contributed by atoms with Crippen LogP contribution in [0.1, 0.15) is 348 Å². The standard InChI is InChI=1S/C68H124O6/c1-4-7-10-13-16-19-22-24-26-27-28-29-30-31-32-33-34-35-36-37-38-39-40-41-43-44-46-49-52-55-58-61-67(70)73-64-65(63-72-66(69)60-57-54-51-48-21-18-15-12-9-6-3)74-68(71)62-59-56-53-50-47-45-42-25-23-20-17-14-11-8-5-2/h12,15,17,20,25,27-28,42,65H,4-11,13-14,16,18-19,21-24,26,29-41,43-64H2,1-3H3/b15-12-,20-17-,28-27-,42-25-. The molecule has 0 bridgehead atoms. The number of allylic oxidation sites excluding steroid dienone is 8. The van der Waals surface area contributed by atoms with Crippen LogP contribution in [0.3, 0.4) is 0 Å². The van der Waals surface area contributed by atoms with Crippen LogP contribution in [0.2, 0.25) is 0 Å². The Labute approximate surface area is 460 Å². The van der Waals surface area contributed by atoms with Crippen molar-refractivity contribution in [2.45, 2.75) is 354 Å². The number of unbranched alkanes of at least 4 members (excludes halogenated alkanes) is 41. The van der Waals surface area contributed by atoms with Gasteiger partial charge in [0.1, 0.15) is 13.2 Å². The van der Waals surface area contributed by atoms with Crippen molar-refractivity contribution in [3.8, 4) is 0 Å². The Hall–Kier alpha value is -2.63. The third kappa shape index (κ3) is 60.2. The highest BCUT2D eigenvalue weighted by Crippen LogP contribution is 2.17. The van der Waals surface area contributed by atoms with Gasteiger partial charge in [-0.3, -0.25) is 14.4 Å². The lowest BCUT2D eigenvalue weighted by molar-refractivity contribution is -0.167. The van der Waals surface area contributed by atoms with Gasteiger partial charge in [0.05, 0.1) is 0 Å². The lowest BCUT2D eigenvalue weighted by Gasteiger charge is -2.18. The molecule has 0 rings (SSSR count). The van der Waals surface area contributed by atoms with E-state index in [0.29, 0.717) is 19.3 Å². The molecule has 6 nitrogen and oxygen atoms in total.